The number of aromatic nitrogens is 1. The maximum absolute atomic E-state index is 12.8. The average molecular weight is 386 g/mol. The Morgan fingerprint density at radius 2 is 1.89 bits per heavy atom. The number of alkyl halides is 3. The van der Waals surface area contributed by atoms with Crippen LogP contribution in [0.3, 0.4) is 0 Å². The Kier molecular flexibility index (Phi) is 5.64. The SMILES string of the molecule is N#Cc1cccnc1N1CCN(C(=O)/C=C/c2cccc(C(F)(F)F)c2)CC1. The summed E-state index contributed by atoms with van der Waals surface area (Å²) >= 11 is 0. The van der Waals surface area contributed by atoms with Crippen molar-refractivity contribution in [1.82, 2.24) is 9.88 Å². The van der Waals surface area contributed by atoms with Crippen LogP contribution in [0, 0.1) is 11.3 Å². The van der Waals surface area contributed by atoms with E-state index < -0.39 is 11.7 Å². The smallest absolute Gasteiger partial charge is 0.352 e. The topological polar surface area (TPSA) is 60.2 Å². The van der Waals surface area contributed by atoms with E-state index in [-0.39, 0.29) is 5.91 Å². The summed E-state index contributed by atoms with van der Waals surface area (Å²) in [7, 11) is 0. The van der Waals surface area contributed by atoms with E-state index in [2.05, 4.69) is 11.1 Å². The molecule has 1 aromatic carbocycles. The number of rotatable bonds is 3. The van der Waals surface area contributed by atoms with Crippen molar-refractivity contribution in [3.63, 3.8) is 0 Å². The van der Waals surface area contributed by atoms with Gasteiger partial charge >= 0.3 is 6.18 Å². The highest BCUT2D eigenvalue weighted by atomic mass is 19.4. The lowest BCUT2D eigenvalue weighted by Crippen LogP contribution is -2.48. The summed E-state index contributed by atoms with van der Waals surface area (Å²) < 4.78 is 38.3. The van der Waals surface area contributed by atoms with Crippen molar-refractivity contribution in [3.8, 4) is 6.07 Å². The summed E-state index contributed by atoms with van der Waals surface area (Å²) in [4.78, 5) is 20.2. The molecule has 1 aliphatic rings. The van der Waals surface area contributed by atoms with E-state index in [1.807, 2.05) is 4.90 Å². The highest BCUT2D eigenvalue weighted by molar-refractivity contribution is 5.92. The quantitative estimate of drug-likeness (QED) is 0.760. The Balaban J connectivity index is 1.61. The lowest BCUT2D eigenvalue weighted by molar-refractivity contribution is -0.137. The monoisotopic (exact) mass is 386 g/mol. The maximum atomic E-state index is 12.8. The van der Waals surface area contributed by atoms with Gasteiger partial charge in [-0.2, -0.15) is 18.4 Å². The van der Waals surface area contributed by atoms with Crippen molar-refractivity contribution < 1.29 is 18.0 Å². The van der Waals surface area contributed by atoms with Gasteiger partial charge in [0.1, 0.15) is 11.9 Å². The lowest BCUT2D eigenvalue weighted by atomic mass is 10.1. The van der Waals surface area contributed by atoms with Gasteiger partial charge in [0.2, 0.25) is 5.91 Å². The van der Waals surface area contributed by atoms with Gasteiger partial charge in [0, 0.05) is 38.5 Å². The Morgan fingerprint density at radius 1 is 1.14 bits per heavy atom. The molecule has 1 aliphatic heterocycles. The van der Waals surface area contributed by atoms with Gasteiger partial charge in [-0.1, -0.05) is 12.1 Å². The van der Waals surface area contributed by atoms with E-state index in [9.17, 15) is 23.2 Å². The number of pyridine rings is 1. The molecule has 0 unspecified atom stereocenters. The number of nitriles is 1. The molecule has 1 amide bonds. The summed E-state index contributed by atoms with van der Waals surface area (Å²) in [6.07, 6.45) is -0.132. The molecule has 5 nitrogen and oxygen atoms in total. The summed E-state index contributed by atoms with van der Waals surface area (Å²) in [5.41, 5.74) is 0.0417. The van der Waals surface area contributed by atoms with Gasteiger partial charge in [-0.05, 0) is 35.9 Å². The molecule has 0 atom stereocenters. The third-order valence-corrected chi connectivity index (χ3v) is 4.43. The molecule has 3 rings (SSSR count). The Hall–Kier alpha value is -3.34. The molecule has 1 aromatic heterocycles. The van der Waals surface area contributed by atoms with Crippen molar-refractivity contribution in [2.45, 2.75) is 6.18 Å². The fraction of sp³-hybridized carbons (Fsp3) is 0.250. The minimum absolute atomic E-state index is 0.265. The lowest BCUT2D eigenvalue weighted by Gasteiger charge is -2.35. The molecule has 0 N–H and O–H groups in total. The molecule has 28 heavy (non-hydrogen) atoms. The number of amides is 1. The molecule has 144 valence electrons. The molecule has 2 aromatic rings. The highest BCUT2D eigenvalue weighted by Crippen LogP contribution is 2.29. The van der Waals surface area contributed by atoms with Crippen LogP contribution in [-0.2, 0) is 11.0 Å². The fourth-order valence-electron chi connectivity index (χ4n) is 2.97. The molecule has 0 bridgehead atoms. The molecular formula is C20H17F3N4O. The highest BCUT2D eigenvalue weighted by Gasteiger charge is 2.30. The zero-order chi connectivity index (χ0) is 20.1. The minimum Gasteiger partial charge on any atom is -0.352 e. The second kappa shape index (κ2) is 8.13. The van der Waals surface area contributed by atoms with Crippen molar-refractivity contribution in [3.05, 3.63) is 65.4 Å². The predicted octanol–water partition coefficient (Wildman–Crippen LogP) is 3.33. The molecule has 2 heterocycles. The number of carbonyl (C=O) groups excluding carboxylic acids is 1. The predicted molar refractivity (Wildman–Crippen MR) is 98.2 cm³/mol. The Bertz CT molecular complexity index is 926. The maximum Gasteiger partial charge on any atom is 0.416 e. The van der Waals surface area contributed by atoms with Gasteiger partial charge in [0.05, 0.1) is 11.1 Å². The van der Waals surface area contributed by atoms with Gasteiger partial charge in [0.25, 0.3) is 0 Å². The number of anilines is 1. The van der Waals surface area contributed by atoms with Crippen molar-refractivity contribution in [2.24, 2.45) is 0 Å². The minimum atomic E-state index is -4.42. The van der Waals surface area contributed by atoms with Crippen molar-refractivity contribution in [1.29, 1.82) is 5.26 Å². The van der Waals surface area contributed by atoms with Crippen LogP contribution in [0.4, 0.5) is 19.0 Å². The van der Waals surface area contributed by atoms with E-state index in [1.165, 1.54) is 24.3 Å². The Morgan fingerprint density at radius 3 is 2.57 bits per heavy atom. The average Bonchev–Trinajstić information content (AvgIpc) is 2.71. The van der Waals surface area contributed by atoms with E-state index in [0.29, 0.717) is 43.1 Å². The van der Waals surface area contributed by atoms with Gasteiger partial charge in [0.15, 0.2) is 0 Å². The number of hydrogen-bond donors (Lipinski definition) is 0. The van der Waals surface area contributed by atoms with Crippen molar-refractivity contribution >= 4 is 17.8 Å². The fourth-order valence-corrected chi connectivity index (χ4v) is 2.97. The number of nitrogens with zero attached hydrogens (tertiary/aromatic N) is 4. The van der Waals surface area contributed by atoms with Crippen LogP contribution in [0.5, 0.6) is 0 Å². The summed E-state index contributed by atoms with van der Waals surface area (Å²) in [5, 5.41) is 9.18. The van der Waals surface area contributed by atoms with E-state index >= 15 is 0 Å². The second-order valence-corrected chi connectivity index (χ2v) is 6.26. The van der Waals surface area contributed by atoms with Crippen LogP contribution in [0.2, 0.25) is 0 Å². The molecule has 0 aliphatic carbocycles. The summed E-state index contributed by atoms with van der Waals surface area (Å²) in [5.74, 6) is 0.329. The Labute approximate surface area is 160 Å². The number of benzene rings is 1. The first-order valence-corrected chi connectivity index (χ1v) is 8.63. The third kappa shape index (κ3) is 4.49. The first kappa shape index (κ1) is 19.4. The van der Waals surface area contributed by atoms with E-state index in [1.54, 1.807) is 23.2 Å². The number of carbonyl (C=O) groups is 1. The second-order valence-electron chi connectivity index (χ2n) is 6.26. The van der Waals surface area contributed by atoms with Gasteiger partial charge in [-0.25, -0.2) is 4.98 Å². The van der Waals surface area contributed by atoms with Crippen molar-refractivity contribution in [2.75, 3.05) is 31.1 Å². The van der Waals surface area contributed by atoms with Crippen LogP contribution < -0.4 is 4.90 Å². The largest absolute Gasteiger partial charge is 0.416 e. The van der Waals surface area contributed by atoms with Crippen LogP contribution >= 0.6 is 0 Å². The summed E-state index contributed by atoms with van der Waals surface area (Å²) in [6.45, 7) is 1.92. The molecule has 0 spiro atoms. The zero-order valence-corrected chi connectivity index (χ0v) is 14.9. The van der Waals surface area contributed by atoms with Crippen LogP contribution in [0.25, 0.3) is 6.08 Å². The first-order valence-electron chi connectivity index (χ1n) is 8.63. The number of halogens is 3. The number of piperazine rings is 1. The van der Waals surface area contributed by atoms with Gasteiger partial charge in [-0.3, -0.25) is 4.79 Å². The molecule has 8 heteroatoms. The standard InChI is InChI=1S/C20H17F3N4O/c21-20(22,23)17-5-1-3-15(13-17)6-7-18(28)26-9-11-27(12-10-26)19-16(14-24)4-2-8-25-19/h1-8,13H,9-12H2/b7-6+. The third-order valence-electron chi connectivity index (χ3n) is 4.43. The molecule has 1 fully saturated rings. The van der Waals surface area contributed by atoms with Gasteiger partial charge < -0.3 is 9.80 Å². The van der Waals surface area contributed by atoms with Crippen LogP contribution in [-0.4, -0.2) is 42.0 Å². The van der Waals surface area contributed by atoms with Crippen LogP contribution in [0.1, 0.15) is 16.7 Å². The van der Waals surface area contributed by atoms with Gasteiger partial charge in [-0.15, -0.1) is 0 Å². The number of hydrogen-bond acceptors (Lipinski definition) is 4. The van der Waals surface area contributed by atoms with Crippen LogP contribution in [0.15, 0.2) is 48.7 Å². The molecular weight excluding hydrogens is 369 g/mol. The van der Waals surface area contributed by atoms with E-state index in [4.69, 9.17) is 0 Å². The molecule has 1 saturated heterocycles. The molecule has 0 saturated carbocycles. The molecule has 0 radical (unpaired) electrons. The summed E-state index contributed by atoms with van der Waals surface area (Å²) in [6, 6.07) is 10.3. The van der Waals surface area contributed by atoms with E-state index in [0.717, 1.165) is 12.1 Å². The first-order chi connectivity index (χ1) is 13.4. The zero-order valence-electron chi connectivity index (χ0n) is 14.9. The normalized spacial score (nSPS) is 14.9.